The number of carbonyl (C=O) groups is 2. The Morgan fingerprint density at radius 3 is 2.33 bits per heavy atom. The van der Waals surface area contributed by atoms with Gasteiger partial charge in [0.25, 0.3) is 5.91 Å². The van der Waals surface area contributed by atoms with E-state index in [-0.39, 0.29) is 18.3 Å². The number of halogens is 1. The molecule has 5 N–H and O–H groups in total. The molecule has 0 saturated heterocycles. The van der Waals surface area contributed by atoms with Crippen molar-refractivity contribution in [2.45, 2.75) is 19.4 Å². The summed E-state index contributed by atoms with van der Waals surface area (Å²) >= 11 is 0. The van der Waals surface area contributed by atoms with Gasteiger partial charge in [-0.25, -0.2) is 0 Å². The normalized spacial score (nSPS) is 10.4. The zero-order chi connectivity index (χ0) is 13.1. The van der Waals surface area contributed by atoms with Crippen LogP contribution in [0.3, 0.4) is 0 Å². The van der Waals surface area contributed by atoms with Gasteiger partial charge in [0.05, 0.1) is 0 Å². The van der Waals surface area contributed by atoms with Gasteiger partial charge in [-0.1, -0.05) is 6.07 Å². The van der Waals surface area contributed by atoms with Crippen molar-refractivity contribution >= 4 is 24.2 Å². The smallest absolute Gasteiger partial charge is 0.251 e. The van der Waals surface area contributed by atoms with Crippen LogP contribution in [-0.4, -0.2) is 23.9 Å². The first-order valence-electron chi connectivity index (χ1n) is 5.26. The highest BCUT2D eigenvalue weighted by molar-refractivity contribution is 5.99. The fraction of sp³-hybridized carbons (Fsp3) is 0.333. The molecule has 0 aliphatic heterocycles. The number of primary amides is 1. The van der Waals surface area contributed by atoms with Crippen molar-refractivity contribution in [2.24, 2.45) is 11.5 Å². The fourth-order valence-corrected chi connectivity index (χ4v) is 1.22. The molecule has 0 atom stereocenters. The number of nitrogens with one attached hydrogen (secondary N) is 1. The third-order valence-electron chi connectivity index (χ3n) is 2.11. The van der Waals surface area contributed by atoms with Gasteiger partial charge in [0.15, 0.2) is 0 Å². The number of hydrogen-bond acceptors (Lipinski definition) is 3. The second kappa shape index (κ2) is 6.37. The number of amides is 2. The molecule has 1 aromatic carbocycles. The molecule has 100 valence electrons. The van der Waals surface area contributed by atoms with E-state index in [2.05, 4.69) is 5.32 Å². The van der Waals surface area contributed by atoms with Gasteiger partial charge >= 0.3 is 0 Å². The van der Waals surface area contributed by atoms with Gasteiger partial charge in [-0.2, -0.15) is 0 Å². The predicted molar refractivity (Wildman–Crippen MR) is 72.8 cm³/mol. The van der Waals surface area contributed by atoms with E-state index in [1.54, 1.807) is 18.2 Å². The van der Waals surface area contributed by atoms with Crippen LogP contribution in [0.2, 0.25) is 0 Å². The molecule has 0 fully saturated rings. The summed E-state index contributed by atoms with van der Waals surface area (Å²) in [7, 11) is 0. The van der Waals surface area contributed by atoms with Gasteiger partial charge in [0, 0.05) is 23.2 Å². The first kappa shape index (κ1) is 16.4. The summed E-state index contributed by atoms with van der Waals surface area (Å²) in [5, 5.41) is 2.69. The zero-order valence-electron chi connectivity index (χ0n) is 10.4. The SMILES string of the molecule is CC(C)(N)CNC(=O)c1cccc(C(N)=O)c1.Cl. The van der Waals surface area contributed by atoms with E-state index in [0.29, 0.717) is 17.7 Å². The van der Waals surface area contributed by atoms with E-state index in [0.717, 1.165) is 0 Å². The van der Waals surface area contributed by atoms with Crippen LogP contribution in [0.5, 0.6) is 0 Å². The van der Waals surface area contributed by atoms with Crippen molar-refractivity contribution in [3.05, 3.63) is 35.4 Å². The molecule has 0 bridgehead atoms. The van der Waals surface area contributed by atoms with Gasteiger partial charge in [-0.3, -0.25) is 9.59 Å². The van der Waals surface area contributed by atoms with Crippen LogP contribution in [0.1, 0.15) is 34.6 Å². The van der Waals surface area contributed by atoms with Gasteiger partial charge in [0.2, 0.25) is 5.91 Å². The maximum absolute atomic E-state index is 11.7. The van der Waals surface area contributed by atoms with Crippen LogP contribution in [-0.2, 0) is 0 Å². The average Bonchev–Trinajstić information content (AvgIpc) is 2.25. The van der Waals surface area contributed by atoms with Crippen LogP contribution in [0.4, 0.5) is 0 Å². The minimum absolute atomic E-state index is 0. The van der Waals surface area contributed by atoms with E-state index < -0.39 is 11.4 Å². The molecule has 1 aromatic rings. The standard InChI is InChI=1S/C12H17N3O2.ClH/c1-12(2,14)7-15-11(17)9-5-3-4-8(6-9)10(13)16;/h3-6H,7,14H2,1-2H3,(H2,13,16)(H,15,17);1H. The van der Waals surface area contributed by atoms with Crippen molar-refractivity contribution in [1.29, 1.82) is 0 Å². The molecule has 0 radical (unpaired) electrons. The van der Waals surface area contributed by atoms with Crippen LogP contribution in [0.25, 0.3) is 0 Å². The first-order chi connectivity index (χ1) is 7.79. The van der Waals surface area contributed by atoms with E-state index in [9.17, 15) is 9.59 Å². The van der Waals surface area contributed by atoms with Crippen molar-refractivity contribution in [3.8, 4) is 0 Å². The maximum atomic E-state index is 11.7. The summed E-state index contributed by atoms with van der Waals surface area (Å²) in [4.78, 5) is 22.7. The highest BCUT2D eigenvalue weighted by Gasteiger charge is 2.14. The summed E-state index contributed by atoms with van der Waals surface area (Å²) < 4.78 is 0. The van der Waals surface area contributed by atoms with Crippen molar-refractivity contribution in [2.75, 3.05) is 6.54 Å². The minimum atomic E-state index is -0.557. The Balaban J connectivity index is 0.00000289. The molecule has 5 nitrogen and oxygen atoms in total. The molecule has 0 aliphatic carbocycles. The highest BCUT2D eigenvalue weighted by Crippen LogP contribution is 2.05. The lowest BCUT2D eigenvalue weighted by molar-refractivity contribution is 0.0946. The summed E-state index contributed by atoms with van der Waals surface area (Å²) in [6.45, 7) is 3.98. The van der Waals surface area contributed by atoms with Crippen LogP contribution in [0, 0.1) is 0 Å². The molecule has 0 heterocycles. The maximum Gasteiger partial charge on any atom is 0.251 e. The van der Waals surface area contributed by atoms with Gasteiger partial charge in [-0.15, -0.1) is 12.4 Å². The highest BCUT2D eigenvalue weighted by atomic mass is 35.5. The van der Waals surface area contributed by atoms with Crippen molar-refractivity contribution in [1.82, 2.24) is 5.32 Å². The van der Waals surface area contributed by atoms with E-state index in [4.69, 9.17) is 11.5 Å². The second-order valence-electron chi connectivity index (χ2n) is 4.62. The molecule has 0 aromatic heterocycles. The third kappa shape index (κ3) is 5.16. The molecule has 18 heavy (non-hydrogen) atoms. The number of carbonyl (C=O) groups excluding carboxylic acids is 2. The van der Waals surface area contributed by atoms with Gasteiger partial charge < -0.3 is 16.8 Å². The van der Waals surface area contributed by atoms with E-state index in [1.807, 2.05) is 13.8 Å². The van der Waals surface area contributed by atoms with Crippen LogP contribution < -0.4 is 16.8 Å². The van der Waals surface area contributed by atoms with Gasteiger partial charge in [0.1, 0.15) is 0 Å². The molecule has 6 heteroatoms. The molecular formula is C12H18ClN3O2. The topological polar surface area (TPSA) is 98.2 Å². The first-order valence-corrected chi connectivity index (χ1v) is 5.26. The fourth-order valence-electron chi connectivity index (χ4n) is 1.22. The molecular weight excluding hydrogens is 254 g/mol. The van der Waals surface area contributed by atoms with E-state index in [1.165, 1.54) is 6.07 Å². The number of rotatable bonds is 4. The number of hydrogen-bond donors (Lipinski definition) is 3. The molecule has 2 amide bonds. The molecule has 0 aliphatic rings. The Bertz CT molecular complexity index is 441. The average molecular weight is 272 g/mol. The quantitative estimate of drug-likeness (QED) is 0.751. The molecule has 1 rings (SSSR count). The lowest BCUT2D eigenvalue weighted by Gasteiger charge is -2.18. The summed E-state index contributed by atoms with van der Waals surface area (Å²) in [6.07, 6.45) is 0. The minimum Gasteiger partial charge on any atom is -0.366 e. The summed E-state index contributed by atoms with van der Waals surface area (Å²) in [5.74, 6) is -0.828. The molecule has 0 spiro atoms. The molecule has 0 unspecified atom stereocenters. The summed E-state index contributed by atoms with van der Waals surface area (Å²) in [5.41, 5.74) is 11.1. The second-order valence-corrected chi connectivity index (χ2v) is 4.62. The Morgan fingerprint density at radius 1 is 1.28 bits per heavy atom. The Morgan fingerprint density at radius 2 is 1.83 bits per heavy atom. The lowest BCUT2D eigenvalue weighted by atomic mass is 10.1. The van der Waals surface area contributed by atoms with Crippen LogP contribution >= 0.6 is 12.4 Å². The third-order valence-corrected chi connectivity index (χ3v) is 2.11. The zero-order valence-corrected chi connectivity index (χ0v) is 11.2. The lowest BCUT2D eigenvalue weighted by Crippen LogP contribution is -2.45. The largest absolute Gasteiger partial charge is 0.366 e. The summed E-state index contributed by atoms with van der Waals surface area (Å²) in [6, 6.07) is 6.25. The molecule has 0 saturated carbocycles. The Kier molecular flexibility index (Phi) is 5.81. The van der Waals surface area contributed by atoms with Crippen molar-refractivity contribution < 1.29 is 9.59 Å². The number of benzene rings is 1. The predicted octanol–water partition coefficient (Wildman–Crippen LogP) is 0.674. The monoisotopic (exact) mass is 271 g/mol. The Labute approximate surface area is 112 Å². The Hall–Kier alpha value is -1.59. The van der Waals surface area contributed by atoms with E-state index >= 15 is 0 Å². The number of nitrogens with two attached hydrogens (primary N) is 2. The van der Waals surface area contributed by atoms with Crippen molar-refractivity contribution in [3.63, 3.8) is 0 Å². The van der Waals surface area contributed by atoms with Crippen LogP contribution in [0.15, 0.2) is 24.3 Å². The van der Waals surface area contributed by atoms with Gasteiger partial charge in [-0.05, 0) is 32.0 Å².